The summed E-state index contributed by atoms with van der Waals surface area (Å²) in [5, 5.41) is 28.1. The molecule has 138 valence electrons. The summed E-state index contributed by atoms with van der Waals surface area (Å²) in [7, 11) is 0. The number of nitrogens with zero attached hydrogens (tertiary/aromatic N) is 4. The molecule has 0 aliphatic heterocycles. The summed E-state index contributed by atoms with van der Waals surface area (Å²) in [6, 6.07) is 19.0. The molecule has 1 aromatic heterocycles. The highest BCUT2D eigenvalue weighted by molar-refractivity contribution is 7.99. The lowest BCUT2D eigenvalue weighted by molar-refractivity contribution is 0.126. The van der Waals surface area contributed by atoms with E-state index in [-0.39, 0.29) is 6.61 Å². The van der Waals surface area contributed by atoms with Crippen LogP contribution < -0.4 is 4.74 Å². The molecule has 3 aromatic rings. The minimum absolute atomic E-state index is 0.171. The fourth-order valence-corrected chi connectivity index (χ4v) is 3.34. The Morgan fingerprint density at radius 2 is 1.89 bits per heavy atom. The van der Waals surface area contributed by atoms with Crippen molar-refractivity contribution in [3.8, 4) is 11.8 Å². The van der Waals surface area contributed by atoms with Gasteiger partial charge in [-0.3, -0.25) is 0 Å². The summed E-state index contributed by atoms with van der Waals surface area (Å²) >= 11 is 1.45. The average molecular weight is 380 g/mol. The van der Waals surface area contributed by atoms with Gasteiger partial charge in [-0.25, -0.2) is 0 Å². The molecule has 0 radical (unpaired) electrons. The molecule has 2 aromatic carbocycles. The topological polar surface area (TPSA) is 84.0 Å². The molecule has 0 fully saturated rings. The molecule has 1 unspecified atom stereocenters. The highest BCUT2D eigenvalue weighted by atomic mass is 32.2. The summed E-state index contributed by atoms with van der Waals surface area (Å²) in [4.78, 5) is 0. The Labute approximate surface area is 162 Å². The van der Waals surface area contributed by atoms with E-state index in [0.29, 0.717) is 23.6 Å². The Hall–Kier alpha value is -2.82. The monoisotopic (exact) mass is 380 g/mol. The summed E-state index contributed by atoms with van der Waals surface area (Å²) in [6.07, 6.45) is -0.646. The highest BCUT2D eigenvalue weighted by Crippen LogP contribution is 2.20. The van der Waals surface area contributed by atoms with E-state index in [0.717, 1.165) is 11.0 Å². The molecule has 0 bridgehead atoms. The number of aliphatic hydroxyl groups is 1. The van der Waals surface area contributed by atoms with Crippen molar-refractivity contribution >= 4 is 11.8 Å². The van der Waals surface area contributed by atoms with E-state index in [4.69, 9.17) is 10.00 Å². The molecule has 3 rings (SSSR count). The molecule has 7 heteroatoms. The standard InChI is InChI=1S/C20H20N4O2S/c1-15-22-23-20(24(15)12-17-5-3-2-4-6-17)27-14-18(25)13-26-19-9-7-16(11-21)8-10-19/h2-10,18,25H,12-14H2,1H3. The molecule has 0 saturated heterocycles. The minimum atomic E-state index is -0.646. The fraction of sp³-hybridized carbons (Fsp3) is 0.250. The van der Waals surface area contributed by atoms with Gasteiger partial charge in [-0.05, 0) is 36.8 Å². The number of hydrogen-bond acceptors (Lipinski definition) is 6. The number of rotatable bonds is 8. The third kappa shape index (κ3) is 5.33. The molecule has 27 heavy (non-hydrogen) atoms. The van der Waals surface area contributed by atoms with Crippen LogP contribution in [0, 0.1) is 18.3 Å². The number of benzene rings is 2. The number of ether oxygens (including phenoxy) is 1. The summed E-state index contributed by atoms with van der Waals surface area (Å²) in [6.45, 7) is 2.79. The van der Waals surface area contributed by atoms with Gasteiger partial charge < -0.3 is 14.4 Å². The predicted octanol–water partition coefficient (Wildman–Crippen LogP) is 3.04. The van der Waals surface area contributed by atoms with Gasteiger partial charge in [0.05, 0.1) is 24.3 Å². The second-order valence-corrected chi connectivity index (χ2v) is 7.00. The van der Waals surface area contributed by atoms with Crippen molar-refractivity contribution in [2.75, 3.05) is 12.4 Å². The van der Waals surface area contributed by atoms with E-state index in [1.165, 1.54) is 17.3 Å². The first-order valence-electron chi connectivity index (χ1n) is 8.53. The first-order chi connectivity index (χ1) is 13.2. The zero-order valence-corrected chi connectivity index (χ0v) is 15.8. The van der Waals surface area contributed by atoms with E-state index >= 15 is 0 Å². The van der Waals surface area contributed by atoms with E-state index in [2.05, 4.69) is 28.4 Å². The van der Waals surface area contributed by atoms with Gasteiger partial charge in [0.15, 0.2) is 5.16 Å². The van der Waals surface area contributed by atoms with Gasteiger partial charge >= 0.3 is 0 Å². The van der Waals surface area contributed by atoms with Gasteiger partial charge in [0, 0.05) is 5.75 Å². The summed E-state index contributed by atoms with van der Waals surface area (Å²) in [5.74, 6) is 1.91. The van der Waals surface area contributed by atoms with Gasteiger partial charge in [-0.1, -0.05) is 42.1 Å². The van der Waals surface area contributed by atoms with Gasteiger partial charge in [0.25, 0.3) is 0 Å². The van der Waals surface area contributed by atoms with Crippen LogP contribution >= 0.6 is 11.8 Å². The van der Waals surface area contributed by atoms with Crippen molar-refractivity contribution in [2.45, 2.75) is 24.7 Å². The van der Waals surface area contributed by atoms with Crippen LogP contribution in [0.2, 0.25) is 0 Å². The van der Waals surface area contributed by atoms with E-state index < -0.39 is 6.10 Å². The van der Waals surface area contributed by atoms with Crippen LogP contribution in [0.15, 0.2) is 59.8 Å². The van der Waals surface area contributed by atoms with Crippen molar-refractivity contribution in [1.29, 1.82) is 5.26 Å². The first-order valence-corrected chi connectivity index (χ1v) is 9.52. The number of hydrogen-bond donors (Lipinski definition) is 1. The molecule has 1 heterocycles. The minimum Gasteiger partial charge on any atom is -0.491 e. The SMILES string of the molecule is Cc1nnc(SCC(O)COc2ccc(C#N)cc2)n1Cc1ccccc1. The van der Waals surface area contributed by atoms with Gasteiger partial charge in [0.2, 0.25) is 0 Å². The quantitative estimate of drug-likeness (QED) is 0.605. The lowest BCUT2D eigenvalue weighted by Crippen LogP contribution is -2.20. The highest BCUT2D eigenvalue weighted by Gasteiger charge is 2.13. The maximum atomic E-state index is 10.2. The second-order valence-electron chi connectivity index (χ2n) is 6.01. The number of aromatic nitrogens is 3. The zero-order valence-electron chi connectivity index (χ0n) is 14.9. The molecule has 6 nitrogen and oxygen atoms in total. The first kappa shape index (κ1) is 19.0. The molecular weight excluding hydrogens is 360 g/mol. The number of aliphatic hydroxyl groups excluding tert-OH is 1. The van der Waals surface area contributed by atoms with E-state index in [1.807, 2.05) is 29.7 Å². The Balaban J connectivity index is 1.53. The molecule has 0 spiro atoms. The normalized spacial score (nSPS) is 11.7. The largest absolute Gasteiger partial charge is 0.491 e. The van der Waals surface area contributed by atoms with Gasteiger partial charge in [-0.15, -0.1) is 10.2 Å². The molecule has 0 aliphatic rings. The fourth-order valence-electron chi connectivity index (χ4n) is 2.45. The van der Waals surface area contributed by atoms with Gasteiger partial charge in [0.1, 0.15) is 18.2 Å². The van der Waals surface area contributed by atoms with Crippen molar-refractivity contribution in [2.24, 2.45) is 0 Å². The average Bonchev–Trinajstić information content (AvgIpc) is 3.05. The second kappa shape index (κ2) is 9.21. The molecule has 1 atom stereocenters. The Morgan fingerprint density at radius 1 is 1.15 bits per heavy atom. The van der Waals surface area contributed by atoms with Crippen LogP contribution in [0.5, 0.6) is 5.75 Å². The number of thioether (sulfide) groups is 1. The molecule has 0 amide bonds. The molecule has 0 aliphatic carbocycles. The van der Waals surface area contributed by atoms with Crippen molar-refractivity contribution < 1.29 is 9.84 Å². The molecule has 1 N–H and O–H groups in total. The van der Waals surface area contributed by atoms with Crippen LogP contribution in [-0.2, 0) is 6.54 Å². The summed E-state index contributed by atoms with van der Waals surface area (Å²) in [5.41, 5.74) is 1.75. The van der Waals surface area contributed by atoms with E-state index in [1.54, 1.807) is 24.3 Å². The maximum Gasteiger partial charge on any atom is 0.191 e. The van der Waals surface area contributed by atoms with Crippen LogP contribution in [0.1, 0.15) is 17.0 Å². The predicted molar refractivity (Wildman–Crippen MR) is 104 cm³/mol. The molecular formula is C20H20N4O2S. The number of nitriles is 1. The van der Waals surface area contributed by atoms with Crippen molar-refractivity contribution in [3.05, 3.63) is 71.5 Å². The van der Waals surface area contributed by atoms with Crippen molar-refractivity contribution in [1.82, 2.24) is 14.8 Å². The smallest absolute Gasteiger partial charge is 0.191 e. The summed E-state index contributed by atoms with van der Waals surface area (Å²) < 4.78 is 7.61. The Morgan fingerprint density at radius 3 is 2.59 bits per heavy atom. The van der Waals surface area contributed by atoms with E-state index in [9.17, 15) is 5.11 Å². The van der Waals surface area contributed by atoms with Crippen LogP contribution in [-0.4, -0.2) is 38.3 Å². The van der Waals surface area contributed by atoms with Crippen molar-refractivity contribution in [3.63, 3.8) is 0 Å². The van der Waals surface area contributed by atoms with Crippen LogP contribution in [0.3, 0.4) is 0 Å². The van der Waals surface area contributed by atoms with Crippen LogP contribution in [0.4, 0.5) is 0 Å². The Kier molecular flexibility index (Phi) is 6.47. The lowest BCUT2D eigenvalue weighted by atomic mass is 10.2. The third-order valence-electron chi connectivity index (χ3n) is 3.92. The zero-order chi connectivity index (χ0) is 19.1. The lowest BCUT2D eigenvalue weighted by Gasteiger charge is -2.13. The molecule has 0 saturated carbocycles. The number of aryl methyl sites for hydroxylation is 1. The van der Waals surface area contributed by atoms with Gasteiger partial charge in [-0.2, -0.15) is 5.26 Å². The maximum absolute atomic E-state index is 10.2. The Bertz CT molecular complexity index is 904. The van der Waals surface area contributed by atoms with Crippen LogP contribution in [0.25, 0.3) is 0 Å². The third-order valence-corrected chi connectivity index (χ3v) is 5.03.